The number of rotatable bonds is 12. The molecule has 42 heavy (non-hydrogen) atoms. The van der Waals surface area contributed by atoms with Gasteiger partial charge in [-0.25, -0.2) is 0 Å². The van der Waals surface area contributed by atoms with E-state index in [-0.39, 0.29) is 18.1 Å². The van der Waals surface area contributed by atoms with E-state index in [9.17, 15) is 9.59 Å². The van der Waals surface area contributed by atoms with Crippen molar-refractivity contribution in [1.29, 1.82) is 0 Å². The van der Waals surface area contributed by atoms with Crippen molar-refractivity contribution in [3.05, 3.63) is 111 Å². The molecule has 0 saturated carbocycles. The highest BCUT2D eigenvalue weighted by atomic mass is 32.1. The zero-order valence-electron chi connectivity index (χ0n) is 23.0. The minimum Gasteiger partial charge on any atom is -0.300 e. The number of carbonyl (C=O) groups is 2. The third-order valence-electron chi connectivity index (χ3n) is 7.10. The summed E-state index contributed by atoms with van der Waals surface area (Å²) in [6.45, 7) is 0. The fourth-order valence-electron chi connectivity index (χ4n) is 5.09. The first-order valence-electron chi connectivity index (χ1n) is 14.0. The van der Waals surface area contributed by atoms with E-state index in [4.69, 9.17) is 0 Å². The van der Waals surface area contributed by atoms with E-state index in [2.05, 4.69) is 43.9 Å². The largest absolute Gasteiger partial charge is 0.300 e. The molecule has 0 aliphatic rings. The lowest BCUT2D eigenvalue weighted by atomic mass is 10.00. The summed E-state index contributed by atoms with van der Waals surface area (Å²) >= 11 is 2.93. The van der Waals surface area contributed by atoms with E-state index < -0.39 is 0 Å². The van der Waals surface area contributed by atoms with Gasteiger partial charge in [-0.15, -0.1) is 31.7 Å². The molecule has 0 bridgehead atoms. The molecule has 2 aromatic heterocycles. The van der Waals surface area contributed by atoms with Crippen molar-refractivity contribution in [2.24, 2.45) is 0 Å². The molecule has 210 valence electrons. The van der Waals surface area contributed by atoms with Crippen LogP contribution in [0.3, 0.4) is 0 Å². The minimum absolute atomic E-state index is 0.100. The maximum Gasteiger partial charge on any atom is 0.230 e. The Hall–Kier alpha value is -4.34. The number of hydrogen-bond donors (Lipinski definition) is 1. The fraction of sp³-hybridized carbons (Fsp3) is 0.212. The van der Waals surface area contributed by atoms with Gasteiger partial charge in [0.25, 0.3) is 0 Å². The molecule has 6 rings (SSSR count). The van der Waals surface area contributed by atoms with E-state index >= 15 is 0 Å². The average molecular weight is 592 g/mol. The van der Waals surface area contributed by atoms with Crippen molar-refractivity contribution in [1.82, 2.24) is 20.4 Å². The Kier molecular flexibility index (Phi) is 8.67. The number of ketones is 1. The first-order valence-corrected chi connectivity index (χ1v) is 15.6. The van der Waals surface area contributed by atoms with Crippen LogP contribution in [0.4, 0.5) is 5.13 Å². The second-order valence-electron chi connectivity index (χ2n) is 10.2. The molecule has 6 aromatic rings. The molecule has 7 nitrogen and oxygen atoms in total. The summed E-state index contributed by atoms with van der Waals surface area (Å²) in [4.78, 5) is 25.4. The lowest BCUT2D eigenvalue weighted by Crippen LogP contribution is -2.14. The number of amides is 1. The molecule has 2 heterocycles. The van der Waals surface area contributed by atoms with Gasteiger partial charge in [0.05, 0.1) is 12.8 Å². The molecule has 0 radical (unpaired) electrons. The molecule has 0 aliphatic carbocycles. The summed E-state index contributed by atoms with van der Waals surface area (Å²) in [6, 6.07) is 28.3. The zero-order valence-corrected chi connectivity index (χ0v) is 24.6. The van der Waals surface area contributed by atoms with Crippen molar-refractivity contribution in [2.45, 2.75) is 44.9 Å². The second kappa shape index (κ2) is 13.1. The third-order valence-corrected chi connectivity index (χ3v) is 8.98. The number of carbonyl (C=O) groups excluding carboxylic acids is 2. The summed E-state index contributed by atoms with van der Waals surface area (Å²) in [5.41, 5.74) is 2.04. The Bertz CT molecular complexity index is 1720. The Morgan fingerprint density at radius 1 is 0.571 bits per heavy atom. The van der Waals surface area contributed by atoms with Crippen LogP contribution in [-0.4, -0.2) is 32.1 Å². The van der Waals surface area contributed by atoms with Gasteiger partial charge in [-0.3, -0.25) is 9.59 Å². The number of aryl methyl sites for hydroxylation is 2. The average Bonchev–Trinajstić information content (AvgIpc) is 3.64. The molecule has 9 heteroatoms. The number of nitrogens with one attached hydrogen (secondary N) is 1. The second-order valence-corrected chi connectivity index (χ2v) is 12.4. The van der Waals surface area contributed by atoms with Crippen LogP contribution in [0.1, 0.15) is 39.0 Å². The highest BCUT2D eigenvalue weighted by Crippen LogP contribution is 2.23. The number of aromatic nitrogens is 4. The maximum atomic E-state index is 12.8. The van der Waals surface area contributed by atoms with Gasteiger partial charge < -0.3 is 5.32 Å². The summed E-state index contributed by atoms with van der Waals surface area (Å²) in [7, 11) is 0. The van der Waals surface area contributed by atoms with Crippen LogP contribution in [-0.2, 0) is 41.7 Å². The molecule has 0 fully saturated rings. The molecule has 0 spiro atoms. The SMILES string of the molecule is O=C(Cc1nnc(CCCCc2nnc(NC(=O)Cc3cccc4ccccc34)s2)s1)Cc1cccc2ccccc12. The van der Waals surface area contributed by atoms with Crippen LogP contribution in [0.25, 0.3) is 21.5 Å². The predicted octanol–water partition coefficient (Wildman–Crippen LogP) is 6.80. The van der Waals surface area contributed by atoms with Gasteiger partial charge >= 0.3 is 0 Å². The zero-order chi connectivity index (χ0) is 28.7. The smallest absolute Gasteiger partial charge is 0.230 e. The topological polar surface area (TPSA) is 97.7 Å². The number of unbranched alkanes of at least 4 members (excludes halogenated alkanes) is 1. The van der Waals surface area contributed by atoms with Crippen molar-refractivity contribution in [3.8, 4) is 0 Å². The fourth-order valence-corrected chi connectivity index (χ4v) is 6.80. The first kappa shape index (κ1) is 27.8. The third kappa shape index (κ3) is 6.92. The number of nitrogens with zero attached hydrogens (tertiary/aromatic N) is 4. The number of hydrogen-bond acceptors (Lipinski definition) is 8. The van der Waals surface area contributed by atoms with Crippen LogP contribution in [0, 0.1) is 0 Å². The lowest BCUT2D eigenvalue weighted by molar-refractivity contribution is -0.118. The number of anilines is 1. The van der Waals surface area contributed by atoms with Gasteiger partial charge in [-0.1, -0.05) is 96.3 Å². The normalized spacial score (nSPS) is 11.2. The summed E-state index contributed by atoms with van der Waals surface area (Å²) in [5, 5.41) is 27.5. The summed E-state index contributed by atoms with van der Waals surface area (Å²) in [5.74, 6) is 0.0436. The van der Waals surface area contributed by atoms with Crippen LogP contribution >= 0.6 is 22.7 Å². The van der Waals surface area contributed by atoms with Crippen molar-refractivity contribution in [2.75, 3.05) is 5.32 Å². The quantitative estimate of drug-likeness (QED) is 0.157. The molecule has 1 N–H and O–H groups in total. The molecular weight excluding hydrogens is 563 g/mol. The Morgan fingerprint density at radius 3 is 1.81 bits per heavy atom. The van der Waals surface area contributed by atoms with Gasteiger partial charge in [0, 0.05) is 19.3 Å². The van der Waals surface area contributed by atoms with Crippen molar-refractivity contribution in [3.63, 3.8) is 0 Å². The van der Waals surface area contributed by atoms with E-state index in [0.717, 1.165) is 73.4 Å². The van der Waals surface area contributed by atoms with Crippen LogP contribution in [0.2, 0.25) is 0 Å². The van der Waals surface area contributed by atoms with E-state index in [1.54, 1.807) is 0 Å². The molecule has 4 aromatic carbocycles. The van der Waals surface area contributed by atoms with Gasteiger partial charge in [-0.05, 0) is 45.5 Å². The first-order chi connectivity index (χ1) is 20.6. The van der Waals surface area contributed by atoms with Crippen molar-refractivity contribution < 1.29 is 9.59 Å². The standard InChI is InChI=1S/C33H29N5O2S2/c39-26(19-24-13-7-11-22-9-1-3-15-27(22)24)21-32-37-35-30(41-32)17-5-6-18-31-36-38-33(42-31)34-29(40)20-25-14-8-12-23-10-2-4-16-28(23)25/h1-4,7-16H,5-6,17-21H2,(H,34,38,40). The summed E-state index contributed by atoms with van der Waals surface area (Å²) < 4.78 is 0. The van der Waals surface area contributed by atoms with Crippen LogP contribution in [0.5, 0.6) is 0 Å². The van der Waals surface area contributed by atoms with Gasteiger partial charge in [0.1, 0.15) is 20.8 Å². The molecule has 0 saturated heterocycles. The number of fused-ring (bicyclic) bond motifs is 2. The highest BCUT2D eigenvalue weighted by molar-refractivity contribution is 7.15. The lowest BCUT2D eigenvalue weighted by Gasteiger charge is -2.06. The predicted molar refractivity (Wildman–Crippen MR) is 169 cm³/mol. The highest BCUT2D eigenvalue weighted by Gasteiger charge is 2.13. The molecule has 0 atom stereocenters. The van der Waals surface area contributed by atoms with Gasteiger partial charge in [0.2, 0.25) is 11.0 Å². The number of benzene rings is 4. The maximum absolute atomic E-state index is 12.8. The molecule has 0 unspecified atom stereocenters. The Balaban J connectivity index is 0.936. The van der Waals surface area contributed by atoms with Gasteiger partial charge in [-0.2, -0.15) is 0 Å². The minimum atomic E-state index is -0.100. The molecule has 1 amide bonds. The van der Waals surface area contributed by atoms with Crippen LogP contribution in [0.15, 0.2) is 84.9 Å². The van der Waals surface area contributed by atoms with E-state index in [1.807, 2.05) is 66.7 Å². The monoisotopic (exact) mass is 591 g/mol. The van der Waals surface area contributed by atoms with Gasteiger partial charge in [0.15, 0.2) is 0 Å². The number of Topliss-reactive ketones (excluding diaryl/α,β-unsaturated/α-hetero) is 1. The Labute approximate surface area is 251 Å². The van der Waals surface area contributed by atoms with Crippen molar-refractivity contribution >= 4 is 61.0 Å². The molecular formula is C33H29N5O2S2. The van der Waals surface area contributed by atoms with E-state index in [0.29, 0.717) is 18.0 Å². The Morgan fingerprint density at radius 2 is 1.12 bits per heavy atom. The summed E-state index contributed by atoms with van der Waals surface area (Å²) in [6.07, 6.45) is 4.43. The molecule has 0 aliphatic heterocycles. The van der Waals surface area contributed by atoms with Crippen LogP contribution < -0.4 is 5.32 Å². The van der Waals surface area contributed by atoms with E-state index in [1.165, 1.54) is 22.7 Å².